The number of nitrogens with zero attached hydrogens (tertiary/aromatic N) is 3. The summed E-state index contributed by atoms with van der Waals surface area (Å²) >= 11 is 0. The third-order valence-electron chi connectivity index (χ3n) is 3.52. The number of rotatable bonds is 6. The fraction of sp³-hybridized carbons (Fsp3) is 0.400. The minimum Gasteiger partial charge on any atom is -0.378 e. The van der Waals surface area contributed by atoms with Crippen LogP contribution < -0.4 is 16.2 Å². The third kappa shape index (κ3) is 3.18. The summed E-state index contributed by atoms with van der Waals surface area (Å²) in [6, 6.07) is 8.45. The number of imidazole rings is 1. The summed E-state index contributed by atoms with van der Waals surface area (Å²) in [6.07, 6.45) is 4.61. The maximum absolute atomic E-state index is 5.74. The molecule has 1 atom stereocenters. The largest absolute Gasteiger partial charge is 0.378 e. The number of aryl methyl sites for hydroxylation is 1. The van der Waals surface area contributed by atoms with Crippen molar-refractivity contribution in [3.05, 3.63) is 48.0 Å². The normalized spacial score (nSPS) is 12.4. The van der Waals surface area contributed by atoms with Gasteiger partial charge in [-0.25, -0.2) is 4.98 Å². The Morgan fingerprint density at radius 1 is 1.40 bits per heavy atom. The van der Waals surface area contributed by atoms with Gasteiger partial charge in [0.25, 0.3) is 0 Å². The quantitative estimate of drug-likeness (QED) is 0.621. The minimum atomic E-state index is 0.0580. The predicted octanol–water partition coefficient (Wildman–Crippen LogP) is 1.72. The average Bonchev–Trinajstić information content (AvgIpc) is 2.92. The summed E-state index contributed by atoms with van der Waals surface area (Å²) in [5.41, 5.74) is 5.24. The van der Waals surface area contributed by atoms with Gasteiger partial charge in [-0.15, -0.1) is 0 Å². The van der Waals surface area contributed by atoms with Crippen LogP contribution in [0, 0.1) is 0 Å². The zero-order chi connectivity index (χ0) is 14.5. The van der Waals surface area contributed by atoms with E-state index in [0.29, 0.717) is 0 Å². The first-order chi connectivity index (χ1) is 9.65. The minimum absolute atomic E-state index is 0.0580. The van der Waals surface area contributed by atoms with E-state index in [1.807, 2.05) is 26.5 Å². The lowest BCUT2D eigenvalue weighted by Gasteiger charge is -2.19. The van der Waals surface area contributed by atoms with Crippen molar-refractivity contribution in [2.75, 3.05) is 19.0 Å². The first-order valence-electron chi connectivity index (χ1n) is 6.89. The smallest absolute Gasteiger partial charge is 0.110 e. The summed E-state index contributed by atoms with van der Waals surface area (Å²) in [5, 5.41) is 0. The number of benzene rings is 1. The molecule has 0 saturated heterocycles. The molecule has 2 aromatic rings. The molecule has 0 radical (unpaired) electrons. The van der Waals surface area contributed by atoms with Crippen molar-refractivity contribution in [2.24, 2.45) is 5.84 Å². The summed E-state index contributed by atoms with van der Waals surface area (Å²) in [7, 11) is 4.07. The average molecular weight is 273 g/mol. The van der Waals surface area contributed by atoms with Gasteiger partial charge in [0.05, 0.1) is 6.04 Å². The highest BCUT2D eigenvalue weighted by Crippen LogP contribution is 2.21. The maximum Gasteiger partial charge on any atom is 0.110 e. The molecule has 3 N–H and O–H groups in total. The topological polar surface area (TPSA) is 59.1 Å². The number of hydrogen-bond acceptors (Lipinski definition) is 4. The Morgan fingerprint density at radius 3 is 2.85 bits per heavy atom. The van der Waals surface area contributed by atoms with Crippen LogP contribution in [0.1, 0.15) is 24.4 Å². The molecular formula is C15H23N5. The summed E-state index contributed by atoms with van der Waals surface area (Å²) in [6.45, 7) is 3.03. The molecule has 0 aliphatic rings. The molecule has 1 aromatic heterocycles. The van der Waals surface area contributed by atoms with Crippen molar-refractivity contribution in [2.45, 2.75) is 25.9 Å². The Bertz CT molecular complexity index is 547. The standard InChI is InChI=1S/C15H23N5/c1-4-20-9-8-17-15(20)11-14(18-16)12-6-5-7-13(10-12)19(2)3/h5-10,14,18H,4,11,16H2,1-3H3. The number of hydrazine groups is 1. The lowest BCUT2D eigenvalue weighted by Crippen LogP contribution is -2.30. The highest BCUT2D eigenvalue weighted by atomic mass is 15.2. The van der Waals surface area contributed by atoms with Crippen LogP contribution in [0.2, 0.25) is 0 Å². The highest BCUT2D eigenvalue weighted by Gasteiger charge is 2.14. The lowest BCUT2D eigenvalue weighted by atomic mass is 10.0. The van der Waals surface area contributed by atoms with E-state index in [4.69, 9.17) is 5.84 Å². The maximum atomic E-state index is 5.74. The van der Waals surface area contributed by atoms with E-state index in [0.717, 1.165) is 18.8 Å². The van der Waals surface area contributed by atoms with Crippen LogP contribution in [0.15, 0.2) is 36.7 Å². The lowest BCUT2D eigenvalue weighted by molar-refractivity contribution is 0.523. The number of anilines is 1. The number of nitrogens with one attached hydrogen (secondary N) is 1. The Hall–Kier alpha value is -1.85. The van der Waals surface area contributed by atoms with Gasteiger partial charge >= 0.3 is 0 Å². The Kier molecular flexibility index (Phi) is 4.76. The number of nitrogens with two attached hydrogens (primary N) is 1. The molecule has 1 unspecified atom stereocenters. The molecule has 2 rings (SSSR count). The van der Waals surface area contributed by atoms with Crippen LogP contribution in [0.3, 0.4) is 0 Å². The molecule has 1 heterocycles. The van der Waals surface area contributed by atoms with Crippen molar-refractivity contribution in [3.63, 3.8) is 0 Å². The summed E-state index contributed by atoms with van der Waals surface area (Å²) in [4.78, 5) is 6.50. The second kappa shape index (κ2) is 6.54. The fourth-order valence-corrected chi connectivity index (χ4v) is 2.29. The van der Waals surface area contributed by atoms with Gasteiger partial charge in [0.2, 0.25) is 0 Å². The van der Waals surface area contributed by atoms with Gasteiger partial charge in [0, 0.05) is 45.1 Å². The van der Waals surface area contributed by atoms with E-state index in [-0.39, 0.29) is 6.04 Å². The van der Waals surface area contributed by atoms with Crippen LogP contribution in [0.5, 0.6) is 0 Å². The van der Waals surface area contributed by atoms with Crippen LogP contribution in [-0.4, -0.2) is 23.6 Å². The second-order valence-corrected chi connectivity index (χ2v) is 5.04. The van der Waals surface area contributed by atoms with Crippen molar-refractivity contribution in [1.29, 1.82) is 0 Å². The van der Waals surface area contributed by atoms with E-state index in [1.165, 1.54) is 11.3 Å². The molecule has 20 heavy (non-hydrogen) atoms. The first kappa shape index (κ1) is 14.6. The molecule has 5 nitrogen and oxygen atoms in total. The van der Waals surface area contributed by atoms with Gasteiger partial charge in [-0.3, -0.25) is 11.3 Å². The predicted molar refractivity (Wildman–Crippen MR) is 82.4 cm³/mol. The summed E-state index contributed by atoms with van der Waals surface area (Å²) in [5.74, 6) is 6.79. The van der Waals surface area contributed by atoms with Crippen LogP contribution in [-0.2, 0) is 13.0 Å². The van der Waals surface area contributed by atoms with Gasteiger partial charge in [-0.2, -0.15) is 0 Å². The zero-order valence-electron chi connectivity index (χ0n) is 12.4. The zero-order valence-corrected chi connectivity index (χ0v) is 12.4. The van der Waals surface area contributed by atoms with Crippen molar-refractivity contribution in [1.82, 2.24) is 15.0 Å². The molecule has 108 valence electrons. The molecule has 0 aliphatic carbocycles. The van der Waals surface area contributed by atoms with Gasteiger partial charge < -0.3 is 9.47 Å². The van der Waals surface area contributed by atoms with Gasteiger partial charge in [-0.05, 0) is 24.6 Å². The molecule has 5 heteroatoms. The summed E-state index contributed by atoms with van der Waals surface area (Å²) < 4.78 is 2.14. The first-order valence-corrected chi connectivity index (χ1v) is 6.89. The second-order valence-electron chi connectivity index (χ2n) is 5.04. The number of aromatic nitrogens is 2. The Morgan fingerprint density at radius 2 is 2.20 bits per heavy atom. The molecule has 0 fully saturated rings. The van der Waals surface area contributed by atoms with Gasteiger partial charge in [0.15, 0.2) is 0 Å². The number of hydrogen-bond donors (Lipinski definition) is 2. The van der Waals surface area contributed by atoms with Crippen molar-refractivity contribution < 1.29 is 0 Å². The van der Waals surface area contributed by atoms with Crippen LogP contribution in [0.4, 0.5) is 5.69 Å². The fourth-order valence-electron chi connectivity index (χ4n) is 2.29. The van der Waals surface area contributed by atoms with Gasteiger partial charge in [-0.1, -0.05) is 12.1 Å². The Labute approximate surface area is 120 Å². The van der Waals surface area contributed by atoms with Crippen LogP contribution in [0.25, 0.3) is 0 Å². The SMILES string of the molecule is CCn1ccnc1CC(NN)c1cccc(N(C)C)c1. The van der Waals surface area contributed by atoms with E-state index in [2.05, 4.69) is 51.1 Å². The molecule has 0 saturated carbocycles. The van der Waals surface area contributed by atoms with Crippen LogP contribution >= 0.6 is 0 Å². The van der Waals surface area contributed by atoms with Crippen molar-refractivity contribution >= 4 is 5.69 Å². The van der Waals surface area contributed by atoms with E-state index in [9.17, 15) is 0 Å². The molecule has 0 amide bonds. The molecule has 0 spiro atoms. The van der Waals surface area contributed by atoms with E-state index < -0.39 is 0 Å². The third-order valence-corrected chi connectivity index (χ3v) is 3.52. The monoisotopic (exact) mass is 273 g/mol. The Balaban J connectivity index is 2.22. The molecule has 0 bridgehead atoms. The van der Waals surface area contributed by atoms with Gasteiger partial charge in [0.1, 0.15) is 5.82 Å². The van der Waals surface area contributed by atoms with Crippen molar-refractivity contribution in [3.8, 4) is 0 Å². The molecular weight excluding hydrogens is 250 g/mol. The highest BCUT2D eigenvalue weighted by molar-refractivity contribution is 5.47. The van der Waals surface area contributed by atoms with E-state index >= 15 is 0 Å². The van der Waals surface area contributed by atoms with E-state index in [1.54, 1.807) is 0 Å². The molecule has 1 aromatic carbocycles. The molecule has 0 aliphatic heterocycles.